The van der Waals surface area contributed by atoms with Crippen LogP contribution in [-0.2, 0) is 11.8 Å². The zero-order valence-electron chi connectivity index (χ0n) is 13.1. The number of fused-ring (bicyclic) bond motifs is 1. The van der Waals surface area contributed by atoms with Crippen molar-refractivity contribution in [2.24, 2.45) is 0 Å². The Kier molecular flexibility index (Phi) is 3.80. The fraction of sp³-hybridized carbons (Fsp3) is 0.562. The van der Waals surface area contributed by atoms with E-state index in [0.29, 0.717) is 5.92 Å². The number of aryl methyl sites for hydroxylation is 1. The van der Waals surface area contributed by atoms with Crippen molar-refractivity contribution in [1.82, 2.24) is 19.9 Å². The van der Waals surface area contributed by atoms with Crippen LogP contribution in [0.15, 0.2) is 18.3 Å². The molecule has 2 unspecified atom stereocenters. The maximum absolute atomic E-state index is 4.64. The van der Waals surface area contributed by atoms with E-state index in [1.807, 2.05) is 19.3 Å². The Labute approximate surface area is 130 Å². The van der Waals surface area contributed by atoms with Gasteiger partial charge in [0.2, 0.25) is 0 Å². The zero-order chi connectivity index (χ0) is 15.0. The van der Waals surface area contributed by atoms with E-state index in [-0.39, 0.29) is 11.5 Å². The summed E-state index contributed by atoms with van der Waals surface area (Å²) in [5, 5.41) is 7.88. The van der Waals surface area contributed by atoms with Crippen molar-refractivity contribution < 1.29 is 0 Å². The van der Waals surface area contributed by atoms with Gasteiger partial charge in [0.05, 0.1) is 16.6 Å². The van der Waals surface area contributed by atoms with Gasteiger partial charge in [0, 0.05) is 23.2 Å². The molecular weight excluding hydrogens is 280 g/mol. The van der Waals surface area contributed by atoms with E-state index >= 15 is 0 Å². The summed E-state index contributed by atoms with van der Waals surface area (Å²) in [6.45, 7) is 6.59. The highest BCUT2D eigenvalue weighted by Gasteiger charge is 2.35. The highest BCUT2D eigenvalue weighted by Crippen LogP contribution is 2.43. The van der Waals surface area contributed by atoms with E-state index in [1.165, 1.54) is 27.7 Å². The van der Waals surface area contributed by atoms with E-state index in [0.717, 1.165) is 18.5 Å². The molecule has 2 aromatic rings. The molecule has 1 N–H and O–H groups in total. The fourth-order valence-electron chi connectivity index (χ4n) is 3.20. The first-order chi connectivity index (χ1) is 10.0. The van der Waals surface area contributed by atoms with Crippen molar-refractivity contribution in [3.8, 4) is 0 Å². The standard InChI is InChI=1S/C16H22N4S/c1-16(2,3)15-14(21-20-19-15)13(17-4)11-8-7-10-6-5-9-18-12(10)11/h5-6,9,11,13,17H,7-8H2,1-4H3. The second kappa shape index (κ2) is 5.46. The number of rotatable bonds is 3. The lowest BCUT2D eigenvalue weighted by molar-refractivity contribution is 0.459. The Morgan fingerprint density at radius 3 is 2.90 bits per heavy atom. The number of nitrogens with one attached hydrogen (secondary N) is 1. The van der Waals surface area contributed by atoms with E-state index < -0.39 is 0 Å². The lowest BCUT2D eigenvalue weighted by atomic mass is 9.86. The first-order valence-electron chi connectivity index (χ1n) is 7.46. The normalized spacial score (nSPS) is 19.5. The van der Waals surface area contributed by atoms with Gasteiger partial charge in [0.15, 0.2) is 0 Å². The minimum atomic E-state index is 0.0168. The molecule has 112 valence electrons. The molecule has 0 fully saturated rings. The molecule has 2 heterocycles. The highest BCUT2D eigenvalue weighted by molar-refractivity contribution is 7.05. The molecule has 5 heteroatoms. The van der Waals surface area contributed by atoms with Gasteiger partial charge in [-0.25, -0.2) is 0 Å². The number of hydrogen-bond donors (Lipinski definition) is 1. The minimum Gasteiger partial charge on any atom is -0.312 e. The third kappa shape index (κ3) is 2.60. The zero-order valence-corrected chi connectivity index (χ0v) is 13.9. The molecule has 1 aliphatic rings. The summed E-state index contributed by atoms with van der Waals surface area (Å²) in [6, 6.07) is 4.48. The molecule has 0 saturated heterocycles. The lowest BCUT2D eigenvalue weighted by Gasteiger charge is -2.25. The van der Waals surface area contributed by atoms with Crippen molar-refractivity contribution in [3.63, 3.8) is 0 Å². The number of hydrogen-bond acceptors (Lipinski definition) is 5. The van der Waals surface area contributed by atoms with Crippen molar-refractivity contribution in [2.75, 3.05) is 7.05 Å². The maximum Gasteiger partial charge on any atom is 0.0857 e. The molecule has 0 saturated carbocycles. The van der Waals surface area contributed by atoms with Crippen molar-refractivity contribution in [1.29, 1.82) is 0 Å². The SMILES string of the molecule is CNC(c1snnc1C(C)(C)C)C1CCc2cccnc21. The smallest absolute Gasteiger partial charge is 0.0857 e. The largest absolute Gasteiger partial charge is 0.312 e. The third-order valence-corrected chi connectivity index (χ3v) is 5.03. The topological polar surface area (TPSA) is 50.7 Å². The van der Waals surface area contributed by atoms with E-state index in [1.54, 1.807) is 0 Å². The van der Waals surface area contributed by atoms with Gasteiger partial charge in [-0.1, -0.05) is 31.3 Å². The second-order valence-electron chi connectivity index (χ2n) is 6.70. The quantitative estimate of drug-likeness (QED) is 0.946. The van der Waals surface area contributed by atoms with E-state index in [2.05, 4.69) is 46.7 Å². The number of aromatic nitrogens is 3. The van der Waals surface area contributed by atoms with Crippen molar-refractivity contribution in [3.05, 3.63) is 40.2 Å². The molecule has 0 aliphatic heterocycles. The first-order valence-corrected chi connectivity index (χ1v) is 8.23. The summed E-state index contributed by atoms with van der Waals surface area (Å²) in [4.78, 5) is 5.89. The Morgan fingerprint density at radius 1 is 1.38 bits per heavy atom. The van der Waals surface area contributed by atoms with Crippen LogP contribution in [0.25, 0.3) is 0 Å². The summed E-state index contributed by atoms with van der Waals surface area (Å²) in [5.41, 5.74) is 3.75. The van der Waals surface area contributed by atoms with Gasteiger partial charge in [-0.2, -0.15) is 0 Å². The van der Waals surface area contributed by atoms with E-state index in [9.17, 15) is 0 Å². The molecule has 0 aromatic carbocycles. The van der Waals surface area contributed by atoms with Crippen LogP contribution in [0.4, 0.5) is 0 Å². The van der Waals surface area contributed by atoms with E-state index in [4.69, 9.17) is 0 Å². The summed E-state index contributed by atoms with van der Waals surface area (Å²) >= 11 is 1.52. The molecule has 0 bridgehead atoms. The number of pyridine rings is 1. The summed E-state index contributed by atoms with van der Waals surface area (Å²) in [7, 11) is 2.03. The Morgan fingerprint density at radius 2 is 2.19 bits per heavy atom. The molecule has 0 radical (unpaired) electrons. The monoisotopic (exact) mass is 302 g/mol. The van der Waals surface area contributed by atoms with Crippen LogP contribution in [0.5, 0.6) is 0 Å². The molecule has 4 nitrogen and oxygen atoms in total. The second-order valence-corrected chi connectivity index (χ2v) is 7.48. The van der Waals surface area contributed by atoms with Crippen LogP contribution in [0, 0.1) is 0 Å². The average molecular weight is 302 g/mol. The van der Waals surface area contributed by atoms with Crippen LogP contribution < -0.4 is 5.32 Å². The molecule has 1 aliphatic carbocycles. The van der Waals surface area contributed by atoms with Gasteiger partial charge in [0.25, 0.3) is 0 Å². The summed E-state index contributed by atoms with van der Waals surface area (Å²) in [5.74, 6) is 0.412. The molecule has 2 atom stereocenters. The molecule has 2 aromatic heterocycles. The van der Waals surface area contributed by atoms with Gasteiger partial charge in [0.1, 0.15) is 0 Å². The number of likely N-dealkylation sites (N-methyl/N-ethyl adjacent to an activating group) is 1. The molecule has 3 rings (SSSR count). The van der Waals surface area contributed by atoms with Gasteiger partial charge in [-0.3, -0.25) is 4.98 Å². The van der Waals surface area contributed by atoms with Crippen molar-refractivity contribution in [2.45, 2.75) is 51.0 Å². The third-order valence-electron chi connectivity index (χ3n) is 4.22. The Hall–Kier alpha value is -1.33. The van der Waals surface area contributed by atoms with Crippen LogP contribution in [0.3, 0.4) is 0 Å². The molecule has 21 heavy (non-hydrogen) atoms. The highest BCUT2D eigenvalue weighted by atomic mass is 32.1. The Bertz CT molecular complexity index is 629. The number of nitrogens with zero attached hydrogens (tertiary/aromatic N) is 3. The van der Waals surface area contributed by atoms with Gasteiger partial charge in [-0.05, 0) is 43.1 Å². The first kappa shape index (κ1) is 14.6. The van der Waals surface area contributed by atoms with Crippen LogP contribution in [0.1, 0.15) is 61.0 Å². The summed E-state index contributed by atoms with van der Waals surface area (Å²) < 4.78 is 4.22. The van der Waals surface area contributed by atoms with Gasteiger partial charge >= 0.3 is 0 Å². The molecular formula is C16H22N4S. The maximum atomic E-state index is 4.64. The van der Waals surface area contributed by atoms with Crippen LogP contribution in [0.2, 0.25) is 0 Å². The van der Waals surface area contributed by atoms with Crippen LogP contribution >= 0.6 is 11.5 Å². The van der Waals surface area contributed by atoms with Crippen LogP contribution in [-0.4, -0.2) is 21.6 Å². The average Bonchev–Trinajstić information content (AvgIpc) is 3.07. The Balaban J connectivity index is 2.00. The van der Waals surface area contributed by atoms with Gasteiger partial charge in [-0.15, -0.1) is 5.10 Å². The predicted molar refractivity (Wildman–Crippen MR) is 85.7 cm³/mol. The predicted octanol–water partition coefficient (Wildman–Crippen LogP) is 3.22. The minimum absolute atomic E-state index is 0.0168. The fourth-order valence-corrected chi connectivity index (χ4v) is 4.24. The molecule has 0 amide bonds. The lowest BCUT2D eigenvalue weighted by Crippen LogP contribution is -2.26. The molecule has 0 spiro atoms. The van der Waals surface area contributed by atoms with Crippen molar-refractivity contribution >= 4 is 11.5 Å². The summed E-state index contributed by atoms with van der Waals surface area (Å²) in [6.07, 6.45) is 4.15. The van der Waals surface area contributed by atoms with Gasteiger partial charge < -0.3 is 5.32 Å².